The lowest BCUT2D eigenvalue weighted by Gasteiger charge is -2.28. The Morgan fingerprint density at radius 2 is 2.53 bits per heavy atom. The molecule has 0 aliphatic carbocycles. The minimum atomic E-state index is -0.0948. The second-order valence-electron chi connectivity index (χ2n) is 4.45. The Hall–Kier alpha value is -1.27. The first-order chi connectivity index (χ1) is 9.24. The van der Waals surface area contributed by atoms with E-state index in [0.29, 0.717) is 24.5 Å². The summed E-state index contributed by atoms with van der Waals surface area (Å²) < 4.78 is 5.10. The van der Waals surface area contributed by atoms with Crippen LogP contribution in [0.25, 0.3) is 0 Å². The Bertz CT molecular complexity index is 436. The van der Waals surface area contributed by atoms with Gasteiger partial charge in [-0.3, -0.25) is 4.79 Å². The number of thioether (sulfide) groups is 1. The predicted molar refractivity (Wildman–Crippen MR) is 77.3 cm³/mol. The van der Waals surface area contributed by atoms with Crippen LogP contribution in [0.2, 0.25) is 0 Å². The molecule has 0 spiro atoms. The number of carbonyl (C=O) groups is 1. The van der Waals surface area contributed by atoms with Gasteiger partial charge in [0.15, 0.2) is 5.69 Å². The largest absolute Gasteiger partial charge is 0.397 e. The van der Waals surface area contributed by atoms with Gasteiger partial charge in [0.05, 0.1) is 12.3 Å². The number of aromatic nitrogens is 1. The molecular formula is C13H19N3O2S. The molecule has 6 heteroatoms. The van der Waals surface area contributed by atoms with Crippen molar-refractivity contribution in [3.63, 3.8) is 0 Å². The molecule has 0 saturated carbocycles. The number of hydrogen-bond acceptors (Lipinski definition) is 5. The van der Waals surface area contributed by atoms with Crippen LogP contribution in [0.1, 0.15) is 16.9 Å². The third kappa shape index (κ3) is 3.39. The van der Waals surface area contributed by atoms with Gasteiger partial charge < -0.3 is 15.4 Å². The molecule has 1 fully saturated rings. The van der Waals surface area contributed by atoms with E-state index in [9.17, 15) is 4.79 Å². The van der Waals surface area contributed by atoms with Crippen molar-refractivity contribution in [2.75, 3.05) is 37.5 Å². The Balaban J connectivity index is 2.17. The average molecular weight is 281 g/mol. The quantitative estimate of drug-likeness (QED) is 0.880. The lowest BCUT2D eigenvalue weighted by Crippen LogP contribution is -2.43. The van der Waals surface area contributed by atoms with Gasteiger partial charge in [-0.05, 0) is 24.3 Å². The highest BCUT2D eigenvalue weighted by Crippen LogP contribution is 2.24. The Kier molecular flexibility index (Phi) is 5.04. The summed E-state index contributed by atoms with van der Waals surface area (Å²) in [4.78, 5) is 18.5. The lowest BCUT2D eigenvalue weighted by molar-refractivity contribution is 0.0620. The van der Waals surface area contributed by atoms with E-state index >= 15 is 0 Å². The van der Waals surface area contributed by atoms with Crippen LogP contribution in [0.15, 0.2) is 18.3 Å². The molecular weight excluding hydrogens is 262 g/mol. The third-order valence-electron chi connectivity index (χ3n) is 3.19. The molecule has 5 nitrogen and oxygen atoms in total. The molecule has 104 valence electrons. The highest BCUT2D eigenvalue weighted by Gasteiger charge is 2.29. The van der Waals surface area contributed by atoms with Crippen molar-refractivity contribution in [3.8, 4) is 0 Å². The molecule has 19 heavy (non-hydrogen) atoms. The van der Waals surface area contributed by atoms with Gasteiger partial charge >= 0.3 is 0 Å². The number of pyridine rings is 1. The van der Waals surface area contributed by atoms with Gasteiger partial charge in [0.2, 0.25) is 0 Å². The van der Waals surface area contributed by atoms with Gasteiger partial charge in [0.25, 0.3) is 5.91 Å². The number of anilines is 1. The lowest BCUT2D eigenvalue weighted by atomic mass is 10.2. The maximum atomic E-state index is 12.6. The number of carbonyl (C=O) groups excluding carboxylic acids is 1. The molecule has 2 heterocycles. The first-order valence-electron chi connectivity index (χ1n) is 6.32. The molecule has 1 aliphatic heterocycles. The van der Waals surface area contributed by atoms with Crippen molar-refractivity contribution in [2.45, 2.75) is 12.5 Å². The number of amides is 1. The van der Waals surface area contributed by atoms with E-state index in [-0.39, 0.29) is 11.9 Å². The van der Waals surface area contributed by atoms with Crippen molar-refractivity contribution < 1.29 is 9.53 Å². The highest BCUT2D eigenvalue weighted by molar-refractivity contribution is 7.99. The number of hydrogen-bond donors (Lipinski definition) is 1. The zero-order chi connectivity index (χ0) is 13.7. The van der Waals surface area contributed by atoms with E-state index < -0.39 is 0 Å². The summed E-state index contributed by atoms with van der Waals surface area (Å²) in [7, 11) is 1.64. The van der Waals surface area contributed by atoms with Gasteiger partial charge in [-0.1, -0.05) is 0 Å². The Labute approximate surface area is 117 Å². The van der Waals surface area contributed by atoms with Crippen LogP contribution in [0.5, 0.6) is 0 Å². The van der Waals surface area contributed by atoms with Crippen LogP contribution in [0, 0.1) is 0 Å². The SMILES string of the molecule is COCCN(C(=O)c1ncccc1N)C1CCSC1. The summed E-state index contributed by atoms with van der Waals surface area (Å²) in [5.41, 5.74) is 6.61. The standard InChI is InChI=1S/C13H19N3O2S/c1-18-7-6-16(10-4-8-19-9-10)13(17)12-11(14)3-2-5-15-12/h2-3,5,10H,4,6-9,14H2,1H3. The number of nitrogens with zero attached hydrogens (tertiary/aromatic N) is 2. The monoisotopic (exact) mass is 281 g/mol. The van der Waals surface area contributed by atoms with Crippen LogP contribution < -0.4 is 5.73 Å². The second kappa shape index (κ2) is 6.77. The number of nitrogens with two attached hydrogens (primary N) is 1. The van der Waals surface area contributed by atoms with E-state index in [2.05, 4.69) is 4.98 Å². The number of methoxy groups -OCH3 is 1. The molecule has 2 N–H and O–H groups in total. The zero-order valence-electron chi connectivity index (χ0n) is 11.0. The zero-order valence-corrected chi connectivity index (χ0v) is 11.9. The van der Waals surface area contributed by atoms with Crippen LogP contribution in [0.3, 0.4) is 0 Å². The number of rotatable bonds is 5. The number of nitrogen functional groups attached to an aromatic ring is 1. The van der Waals surface area contributed by atoms with Crippen LogP contribution >= 0.6 is 11.8 Å². The molecule has 2 rings (SSSR count). The predicted octanol–water partition coefficient (Wildman–Crippen LogP) is 1.26. The highest BCUT2D eigenvalue weighted by atomic mass is 32.2. The van der Waals surface area contributed by atoms with Gasteiger partial charge in [-0.15, -0.1) is 0 Å². The van der Waals surface area contributed by atoms with Gasteiger partial charge in [-0.2, -0.15) is 11.8 Å². The maximum Gasteiger partial charge on any atom is 0.274 e. The van der Waals surface area contributed by atoms with Crippen LogP contribution in [0.4, 0.5) is 5.69 Å². The van der Waals surface area contributed by atoms with Crippen LogP contribution in [-0.2, 0) is 4.74 Å². The topological polar surface area (TPSA) is 68.5 Å². The van der Waals surface area contributed by atoms with Gasteiger partial charge in [0, 0.05) is 31.6 Å². The fraction of sp³-hybridized carbons (Fsp3) is 0.538. The van der Waals surface area contributed by atoms with E-state index in [1.807, 2.05) is 16.7 Å². The summed E-state index contributed by atoms with van der Waals surface area (Å²) in [6.07, 6.45) is 2.62. The van der Waals surface area contributed by atoms with Crippen LogP contribution in [-0.4, -0.2) is 53.6 Å². The van der Waals surface area contributed by atoms with Crippen molar-refractivity contribution in [1.82, 2.24) is 9.88 Å². The Morgan fingerprint density at radius 3 is 3.16 bits per heavy atom. The van der Waals surface area contributed by atoms with Crippen molar-refractivity contribution in [3.05, 3.63) is 24.0 Å². The molecule has 0 radical (unpaired) electrons. The van der Waals surface area contributed by atoms with E-state index in [1.54, 1.807) is 25.4 Å². The van der Waals surface area contributed by atoms with Gasteiger partial charge in [-0.25, -0.2) is 4.98 Å². The summed E-state index contributed by atoms with van der Waals surface area (Å²) in [6, 6.07) is 3.70. The molecule has 1 aliphatic rings. The fourth-order valence-electron chi connectivity index (χ4n) is 2.14. The molecule has 1 atom stereocenters. The minimum absolute atomic E-state index is 0.0948. The van der Waals surface area contributed by atoms with Crippen molar-refractivity contribution >= 4 is 23.4 Å². The number of ether oxygens (including phenoxy) is 1. The summed E-state index contributed by atoms with van der Waals surface area (Å²) in [5.74, 6) is 1.98. The normalized spacial score (nSPS) is 18.5. The molecule has 1 aromatic rings. The van der Waals surface area contributed by atoms with E-state index in [1.165, 1.54) is 0 Å². The first kappa shape index (κ1) is 14.1. The molecule has 1 amide bonds. The molecule has 0 aromatic carbocycles. The fourth-order valence-corrected chi connectivity index (χ4v) is 3.36. The average Bonchev–Trinajstić information content (AvgIpc) is 2.93. The molecule has 1 aromatic heterocycles. The molecule has 1 saturated heterocycles. The Morgan fingerprint density at radius 1 is 1.68 bits per heavy atom. The smallest absolute Gasteiger partial charge is 0.274 e. The van der Waals surface area contributed by atoms with E-state index in [4.69, 9.17) is 10.5 Å². The first-order valence-corrected chi connectivity index (χ1v) is 7.47. The van der Waals surface area contributed by atoms with Gasteiger partial charge in [0.1, 0.15) is 0 Å². The minimum Gasteiger partial charge on any atom is -0.397 e. The third-order valence-corrected chi connectivity index (χ3v) is 4.33. The molecule has 1 unspecified atom stereocenters. The second-order valence-corrected chi connectivity index (χ2v) is 5.60. The summed E-state index contributed by atoms with van der Waals surface area (Å²) in [6.45, 7) is 1.11. The molecule has 0 bridgehead atoms. The summed E-state index contributed by atoms with van der Waals surface area (Å²) in [5, 5.41) is 0. The maximum absolute atomic E-state index is 12.6. The summed E-state index contributed by atoms with van der Waals surface area (Å²) >= 11 is 1.87. The van der Waals surface area contributed by atoms with Crippen molar-refractivity contribution in [1.29, 1.82) is 0 Å². The van der Waals surface area contributed by atoms with Crippen molar-refractivity contribution in [2.24, 2.45) is 0 Å². The van der Waals surface area contributed by atoms with E-state index in [0.717, 1.165) is 17.9 Å².